The van der Waals surface area contributed by atoms with Crippen molar-refractivity contribution in [1.82, 2.24) is 9.97 Å². The molecular formula is C20H16F3N3O4. The average Bonchev–Trinajstić information content (AvgIpc) is 2.73. The predicted octanol–water partition coefficient (Wildman–Crippen LogP) is 2.83. The van der Waals surface area contributed by atoms with E-state index in [9.17, 15) is 28.2 Å². The van der Waals surface area contributed by atoms with E-state index in [4.69, 9.17) is 10.5 Å². The van der Waals surface area contributed by atoms with Crippen molar-refractivity contribution in [2.75, 3.05) is 0 Å². The summed E-state index contributed by atoms with van der Waals surface area (Å²) < 4.78 is 43.2. The maximum atomic E-state index is 12.6. The largest absolute Gasteiger partial charge is 0.439 e. The van der Waals surface area contributed by atoms with Crippen LogP contribution in [0.3, 0.4) is 0 Å². The molecule has 10 heteroatoms. The fourth-order valence-electron chi connectivity index (χ4n) is 2.52. The Morgan fingerprint density at radius 2 is 1.73 bits per heavy atom. The molecule has 7 nitrogen and oxygen atoms in total. The second-order valence-corrected chi connectivity index (χ2v) is 6.25. The number of primary amides is 1. The third-order valence-corrected chi connectivity index (χ3v) is 4.10. The molecule has 0 fully saturated rings. The molecule has 0 aliphatic carbocycles. The number of halogens is 3. The molecule has 0 saturated heterocycles. The van der Waals surface area contributed by atoms with Crippen molar-refractivity contribution < 1.29 is 32.9 Å². The van der Waals surface area contributed by atoms with E-state index in [1.165, 1.54) is 6.07 Å². The number of nitrogens with zero attached hydrogens (tertiary/aromatic N) is 2. The number of aromatic nitrogens is 2. The molecule has 2 aromatic heterocycles. The Morgan fingerprint density at radius 1 is 1.03 bits per heavy atom. The van der Waals surface area contributed by atoms with E-state index >= 15 is 0 Å². The number of carbonyl (C=O) groups is 1. The molecule has 0 unspecified atom stereocenters. The van der Waals surface area contributed by atoms with Crippen LogP contribution in [0.4, 0.5) is 13.2 Å². The lowest BCUT2D eigenvalue weighted by Crippen LogP contribution is -2.34. The molecule has 0 bridgehead atoms. The molecular weight excluding hydrogens is 403 g/mol. The first-order chi connectivity index (χ1) is 14.1. The first-order valence-corrected chi connectivity index (χ1v) is 8.59. The lowest BCUT2D eigenvalue weighted by atomic mass is 10.1. The zero-order valence-corrected chi connectivity index (χ0v) is 15.2. The maximum absolute atomic E-state index is 12.6. The number of aliphatic hydroxyl groups is 2. The molecule has 0 saturated carbocycles. The Morgan fingerprint density at radius 3 is 2.30 bits per heavy atom. The summed E-state index contributed by atoms with van der Waals surface area (Å²) in [6.07, 6.45) is -7.16. The molecule has 2 atom stereocenters. The number of pyridine rings is 2. The van der Waals surface area contributed by atoms with Crippen molar-refractivity contribution in [2.24, 2.45) is 5.73 Å². The number of ether oxygens (including phenoxy) is 1. The van der Waals surface area contributed by atoms with Crippen LogP contribution in [-0.4, -0.2) is 32.2 Å². The van der Waals surface area contributed by atoms with Crippen LogP contribution in [-0.2, 0) is 11.0 Å². The molecule has 2 heterocycles. The summed E-state index contributed by atoms with van der Waals surface area (Å²) in [6.45, 7) is 0. The highest BCUT2D eigenvalue weighted by atomic mass is 19.4. The zero-order chi connectivity index (χ0) is 21.9. The fraction of sp³-hybridized carbons (Fsp3) is 0.150. The van der Waals surface area contributed by atoms with Gasteiger partial charge in [0, 0.05) is 17.8 Å². The van der Waals surface area contributed by atoms with E-state index in [0.29, 0.717) is 23.2 Å². The predicted molar refractivity (Wildman–Crippen MR) is 99.1 cm³/mol. The lowest BCUT2D eigenvalue weighted by molar-refractivity contribution is -0.137. The van der Waals surface area contributed by atoms with Crippen molar-refractivity contribution in [2.45, 2.75) is 18.4 Å². The summed E-state index contributed by atoms with van der Waals surface area (Å²) in [6, 6.07) is 13.1. The molecule has 0 aliphatic rings. The summed E-state index contributed by atoms with van der Waals surface area (Å²) in [5.41, 5.74) is 5.25. The number of benzene rings is 1. The summed E-state index contributed by atoms with van der Waals surface area (Å²) >= 11 is 0. The lowest BCUT2D eigenvalue weighted by Gasteiger charge is -2.15. The minimum atomic E-state index is -4.48. The van der Waals surface area contributed by atoms with E-state index in [0.717, 1.165) is 12.1 Å². The van der Waals surface area contributed by atoms with Crippen LogP contribution in [0.2, 0.25) is 0 Å². The van der Waals surface area contributed by atoms with Gasteiger partial charge in [0.2, 0.25) is 11.8 Å². The molecule has 156 valence electrons. The van der Waals surface area contributed by atoms with Gasteiger partial charge in [-0.05, 0) is 42.5 Å². The van der Waals surface area contributed by atoms with Gasteiger partial charge in [0.25, 0.3) is 0 Å². The van der Waals surface area contributed by atoms with E-state index in [-0.39, 0.29) is 11.6 Å². The van der Waals surface area contributed by atoms with Gasteiger partial charge < -0.3 is 20.7 Å². The zero-order valence-electron chi connectivity index (χ0n) is 15.2. The fourth-order valence-corrected chi connectivity index (χ4v) is 2.52. The van der Waals surface area contributed by atoms with Gasteiger partial charge in [-0.2, -0.15) is 13.2 Å². The topological polar surface area (TPSA) is 119 Å². The highest BCUT2D eigenvalue weighted by Gasteiger charge is 2.30. The molecule has 0 radical (unpaired) electrons. The summed E-state index contributed by atoms with van der Waals surface area (Å²) in [5.74, 6) is -0.737. The van der Waals surface area contributed by atoms with Crippen molar-refractivity contribution in [1.29, 1.82) is 0 Å². The number of rotatable bonds is 6. The number of hydrogen-bond donors (Lipinski definition) is 3. The molecule has 4 N–H and O–H groups in total. The Labute approximate surface area is 168 Å². The number of aliphatic hydroxyl groups excluding tert-OH is 2. The summed E-state index contributed by atoms with van der Waals surface area (Å²) in [4.78, 5) is 18.9. The second-order valence-electron chi connectivity index (χ2n) is 6.25. The van der Waals surface area contributed by atoms with E-state index in [1.54, 1.807) is 36.4 Å². The molecule has 0 spiro atoms. The number of amides is 1. The monoisotopic (exact) mass is 419 g/mol. The van der Waals surface area contributed by atoms with Crippen LogP contribution in [0, 0.1) is 0 Å². The number of carbonyl (C=O) groups excluding carboxylic acids is 1. The van der Waals surface area contributed by atoms with E-state index in [2.05, 4.69) is 9.97 Å². The van der Waals surface area contributed by atoms with Gasteiger partial charge >= 0.3 is 6.18 Å². The highest BCUT2D eigenvalue weighted by Crippen LogP contribution is 2.30. The Kier molecular flexibility index (Phi) is 5.99. The third kappa shape index (κ3) is 4.91. The van der Waals surface area contributed by atoms with Crippen LogP contribution >= 0.6 is 0 Å². The molecule has 30 heavy (non-hydrogen) atoms. The van der Waals surface area contributed by atoms with Crippen LogP contribution in [0.15, 0.2) is 60.8 Å². The average molecular weight is 419 g/mol. The van der Waals surface area contributed by atoms with Gasteiger partial charge in [-0.25, -0.2) is 9.97 Å². The molecule has 3 aromatic rings. The van der Waals surface area contributed by atoms with Crippen molar-refractivity contribution in [3.05, 3.63) is 72.1 Å². The summed E-state index contributed by atoms with van der Waals surface area (Å²) in [7, 11) is 0. The molecule has 1 amide bonds. The normalized spacial score (nSPS) is 13.5. The van der Waals surface area contributed by atoms with E-state index in [1.807, 2.05) is 0 Å². The van der Waals surface area contributed by atoms with Crippen molar-refractivity contribution >= 4 is 5.91 Å². The van der Waals surface area contributed by atoms with Crippen molar-refractivity contribution in [3.8, 4) is 22.9 Å². The van der Waals surface area contributed by atoms with Crippen LogP contribution < -0.4 is 10.5 Å². The van der Waals surface area contributed by atoms with Gasteiger partial charge in [0.15, 0.2) is 6.10 Å². The molecule has 0 aliphatic heterocycles. The first-order valence-electron chi connectivity index (χ1n) is 8.59. The quantitative estimate of drug-likeness (QED) is 0.565. The number of nitrogens with two attached hydrogens (primary N) is 1. The SMILES string of the molecule is NC(=O)[C@H](O)[C@@H](O)c1cccc(-c2ccc(Oc3ccc(C(F)(F)F)cn3)cc2)n1. The van der Waals surface area contributed by atoms with Gasteiger partial charge in [-0.3, -0.25) is 4.79 Å². The standard InChI is InChI=1S/C20H16F3N3O4/c21-20(22,23)12-6-9-16(25-10-12)30-13-7-4-11(5-8-13)14-2-1-3-15(26-14)17(27)18(28)19(24)29/h1-10,17-18,27-28H,(H2,24,29)/t17-,18+/m0/s1. The molecule has 1 aromatic carbocycles. The van der Waals surface area contributed by atoms with Gasteiger partial charge in [0.05, 0.1) is 17.0 Å². The van der Waals surface area contributed by atoms with Crippen LogP contribution in [0.25, 0.3) is 11.3 Å². The smallest absolute Gasteiger partial charge is 0.417 e. The van der Waals surface area contributed by atoms with Crippen LogP contribution in [0.5, 0.6) is 11.6 Å². The first kappa shape index (κ1) is 21.2. The van der Waals surface area contributed by atoms with Gasteiger partial charge in [-0.1, -0.05) is 6.07 Å². The molecule has 3 rings (SSSR count). The Bertz CT molecular complexity index is 1020. The minimum absolute atomic E-state index is 0.000524. The highest BCUT2D eigenvalue weighted by molar-refractivity contribution is 5.79. The van der Waals surface area contributed by atoms with Crippen LogP contribution in [0.1, 0.15) is 17.4 Å². The van der Waals surface area contributed by atoms with E-state index < -0.39 is 29.9 Å². The minimum Gasteiger partial charge on any atom is -0.439 e. The third-order valence-electron chi connectivity index (χ3n) is 4.10. The number of hydrogen-bond acceptors (Lipinski definition) is 6. The van der Waals surface area contributed by atoms with Crippen molar-refractivity contribution in [3.63, 3.8) is 0 Å². The summed E-state index contributed by atoms with van der Waals surface area (Å²) in [5, 5.41) is 19.6. The Balaban J connectivity index is 1.74. The van der Waals surface area contributed by atoms with Gasteiger partial charge in [0.1, 0.15) is 11.9 Å². The second kappa shape index (κ2) is 8.47. The maximum Gasteiger partial charge on any atom is 0.417 e. The van der Waals surface area contributed by atoms with Gasteiger partial charge in [-0.15, -0.1) is 0 Å². The Hall–Kier alpha value is -3.50. The number of alkyl halides is 3.